The molecule has 10 nitrogen and oxygen atoms in total. The molecule has 3 atom stereocenters. The second kappa shape index (κ2) is 13.9. The normalized spacial score (nSPS) is 18.6. The lowest BCUT2D eigenvalue weighted by Gasteiger charge is -2.34. The van der Waals surface area contributed by atoms with Crippen molar-refractivity contribution < 1.29 is 42.1 Å². The number of ether oxygens (including phenoxy) is 3. The molecule has 0 radical (unpaired) electrons. The summed E-state index contributed by atoms with van der Waals surface area (Å²) in [7, 11) is 1.85. The summed E-state index contributed by atoms with van der Waals surface area (Å²) in [4.78, 5) is 29.9. The van der Waals surface area contributed by atoms with E-state index in [1.807, 2.05) is 18.9 Å². The Balaban J connectivity index is 1.33. The summed E-state index contributed by atoms with van der Waals surface area (Å²) in [5, 5.41) is 15.5. The van der Waals surface area contributed by atoms with Gasteiger partial charge in [0.2, 0.25) is 12.7 Å². The number of carbonyl (C=O) groups is 2. The number of urea groups is 1. The van der Waals surface area contributed by atoms with Crippen LogP contribution >= 0.6 is 0 Å². The molecule has 0 bridgehead atoms. The van der Waals surface area contributed by atoms with E-state index in [0.29, 0.717) is 59.4 Å². The molecule has 46 heavy (non-hydrogen) atoms. The zero-order valence-electron chi connectivity index (χ0n) is 25.8. The van der Waals surface area contributed by atoms with Crippen molar-refractivity contribution in [3.05, 3.63) is 77.4 Å². The van der Waals surface area contributed by atoms with Gasteiger partial charge in [-0.2, -0.15) is 13.2 Å². The molecule has 0 fully saturated rings. The van der Waals surface area contributed by atoms with Crippen LogP contribution in [-0.2, 0) is 23.9 Å². The van der Waals surface area contributed by atoms with Gasteiger partial charge in [0.25, 0.3) is 0 Å². The lowest BCUT2D eigenvalue weighted by Crippen LogP contribution is -2.47. The summed E-state index contributed by atoms with van der Waals surface area (Å²) in [5.74, 6) is 1.24. The van der Waals surface area contributed by atoms with Gasteiger partial charge in [0, 0.05) is 48.6 Å². The summed E-state index contributed by atoms with van der Waals surface area (Å²) in [6, 6.07) is 14.3. The van der Waals surface area contributed by atoms with Crippen molar-refractivity contribution in [1.29, 1.82) is 0 Å². The second-order valence-corrected chi connectivity index (χ2v) is 11.7. The van der Waals surface area contributed by atoms with E-state index in [4.69, 9.17) is 14.2 Å². The predicted molar refractivity (Wildman–Crippen MR) is 165 cm³/mol. The van der Waals surface area contributed by atoms with Crippen LogP contribution in [0.1, 0.15) is 30.5 Å². The van der Waals surface area contributed by atoms with Crippen molar-refractivity contribution in [3.63, 3.8) is 0 Å². The predicted octanol–water partition coefficient (Wildman–Crippen LogP) is 5.36. The molecule has 0 aromatic heterocycles. The first-order valence-electron chi connectivity index (χ1n) is 14.9. The van der Waals surface area contributed by atoms with Gasteiger partial charge < -0.3 is 34.9 Å². The average Bonchev–Trinajstić information content (AvgIpc) is 3.48. The van der Waals surface area contributed by atoms with Gasteiger partial charge >= 0.3 is 12.2 Å². The first-order valence-corrected chi connectivity index (χ1v) is 14.9. The minimum Gasteiger partial charge on any atom is -0.488 e. The molecule has 246 valence electrons. The molecule has 3 aromatic rings. The number of amides is 3. The Morgan fingerprint density at radius 2 is 1.67 bits per heavy atom. The number of hydrogen-bond acceptors (Lipinski definition) is 7. The van der Waals surface area contributed by atoms with Gasteiger partial charge in [-0.1, -0.05) is 19.1 Å². The third kappa shape index (κ3) is 8.01. The molecule has 3 N–H and O–H groups in total. The number of alkyl halides is 3. The summed E-state index contributed by atoms with van der Waals surface area (Å²) in [6.07, 6.45) is -4.83. The van der Waals surface area contributed by atoms with Gasteiger partial charge in [-0.25, -0.2) is 4.79 Å². The monoisotopic (exact) mass is 642 g/mol. The maximum absolute atomic E-state index is 13.5. The van der Waals surface area contributed by atoms with Crippen LogP contribution in [0, 0.1) is 5.92 Å². The average molecular weight is 643 g/mol. The van der Waals surface area contributed by atoms with Crippen molar-refractivity contribution in [3.8, 4) is 17.2 Å². The second-order valence-electron chi connectivity index (χ2n) is 11.7. The Kier molecular flexibility index (Phi) is 9.92. The molecule has 5 rings (SSSR count). The summed E-state index contributed by atoms with van der Waals surface area (Å²) in [5.41, 5.74) is 1.52. The number of nitrogens with one attached hydrogen (secondary N) is 2. The zero-order valence-corrected chi connectivity index (χ0v) is 25.8. The quantitative estimate of drug-likeness (QED) is 0.303. The van der Waals surface area contributed by atoms with Crippen molar-refractivity contribution in [1.82, 2.24) is 9.80 Å². The van der Waals surface area contributed by atoms with Gasteiger partial charge in [-0.3, -0.25) is 9.69 Å². The van der Waals surface area contributed by atoms with E-state index in [-0.39, 0.29) is 31.6 Å². The van der Waals surface area contributed by atoms with Crippen LogP contribution in [0.15, 0.2) is 60.7 Å². The highest BCUT2D eigenvalue weighted by Crippen LogP contribution is 2.35. The molecule has 3 aromatic carbocycles. The smallest absolute Gasteiger partial charge is 0.416 e. The van der Waals surface area contributed by atoms with Gasteiger partial charge in [0.05, 0.1) is 24.6 Å². The molecule has 3 amide bonds. The maximum Gasteiger partial charge on any atom is 0.416 e. The van der Waals surface area contributed by atoms with Gasteiger partial charge in [-0.05, 0) is 62.0 Å². The molecule has 2 aliphatic heterocycles. The fourth-order valence-corrected chi connectivity index (χ4v) is 5.48. The molecule has 13 heteroatoms. The molecule has 0 saturated heterocycles. The summed E-state index contributed by atoms with van der Waals surface area (Å²) < 4.78 is 56.2. The fourth-order valence-electron chi connectivity index (χ4n) is 5.48. The Hall–Kier alpha value is -4.49. The number of aliphatic hydroxyl groups excluding tert-OH is 1. The van der Waals surface area contributed by atoms with Crippen LogP contribution in [0.2, 0.25) is 0 Å². The molecule has 2 heterocycles. The first kappa shape index (κ1) is 32.9. The highest BCUT2D eigenvalue weighted by molar-refractivity contribution is 6.00. The SMILES string of the molecule is C[C@@H]1CN([C@@H](C)CO)C(=O)Cc2cc(NC(=O)Nc3ccc4c(c3)OCO4)ccc2O[C@H]1CN(C)Cc1ccc(C(F)(F)F)cc1. The lowest BCUT2D eigenvalue weighted by molar-refractivity contribution is -0.137. The van der Waals surface area contributed by atoms with Crippen LogP contribution in [0.3, 0.4) is 0 Å². The Bertz CT molecular complexity index is 1550. The highest BCUT2D eigenvalue weighted by atomic mass is 19.4. The van der Waals surface area contributed by atoms with E-state index < -0.39 is 29.9 Å². The first-order chi connectivity index (χ1) is 21.9. The molecule has 0 aliphatic carbocycles. The number of fused-ring (bicyclic) bond motifs is 2. The summed E-state index contributed by atoms with van der Waals surface area (Å²) in [6.45, 7) is 4.76. The molecular weight excluding hydrogens is 605 g/mol. The molecule has 0 spiro atoms. The maximum atomic E-state index is 13.5. The van der Waals surface area contributed by atoms with E-state index >= 15 is 0 Å². The van der Waals surface area contributed by atoms with Gasteiger partial charge in [-0.15, -0.1) is 0 Å². The third-order valence-corrected chi connectivity index (χ3v) is 8.03. The number of rotatable bonds is 8. The van der Waals surface area contributed by atoms with Gasteiger partial charge in [0.1, 0.15) is 11.9 Å². The largest absolute Gasteiger partial charge is 0.488 e. The number of nitrogens with zero attached hydrogens (tertiary/aromatic N) is 2. The van der Waals surface area contributed by atoms with Crippen molar-refractivity contribution in [2.24, 2.45) is 5.92 Å². The standard InChI is InChI=1S/C33H37F3N4O6/c1-20-15-40(21(2)18-41)31(42)13-23-12-25(37-32(43)38-26-9-11-28-29(14-26)45-19-44-28)8-10-27(23)46-30(20)17-39(3)16-22-4-6-24(7-5-22)33(34,35)36/h4-12,14,20-21,30,41H,13,15-19H2,1-3H3,(H2,37,38,43)/t20-,21+,30+/m1/s1. The van der Waals surface area contributed by atoms with E-state index in [2.05, 4.69) is 10.6 Å². The highest BCUT2D eigenvalue weighted by Gasteiger charge is 2.32. The van der Waals surface area contributed by atoms with E-state index in [9.17, 15) is 27.9 Å². The number of benzene rings is 3. The van der Waals surface area contributed by atoms with Crippen LogP contribution in [-0.4, -0.2) is 72.5 Å². The fraction of sp³-hybridized carbons (Fsp3) is 0.394. The number of hydrogen-bond donors (Lipinski definition) is 3. The minimum atomic E-state index is -4.40. The van der Waals surface area contributed by atoms with Crippen molar-refractivity contribution in [2.45, 2.75) is 45.1 Å². The number of anilines is 2. The third-order valence-electron chi connectivity index (χ3n) is 8.03. The van der Waals surface area contributed by atoms with Crippen LogP contribution in [0.5, 0.6) is 17.2 Å². The number of likely N-dealkylation sites (N-methyl/N-ethyl adjacent to an activating group) is 1. The Labute approximate surface area is 265 Å². The Morgan fingerprint density at radius 1 is 1.02 bits per heavy atom. The number of halogens is 3. The van der Waals surface area contributed by atoms with Crippen LogP contribution in [0.4, 0.5) is 29.3 Å². The van der Waals surface area contributed by atoms with Crippen LogP contribution in [0.25, 0.3) is 0 Å². The van der Waals surface area contributed by atoms with E-state index in [1.54, 1.807) is 48.2 Å². The van der Waals surface area contributed by atoms with Crippen LogP contribution < -0.4 is 24.8 Å². The minimum absolute atomic E-state index is 0.0141. The van der Waals surface area contributed by atoms with Crippen molar-refractivity contribution >= 4 is 23.3 Å². The lowest BCUT2D eigenvalue weighted by atomic mass is 10.0. The zero-order chi connectivity index (χ0) is 33.0. The molecule has 0 unspecified atom stereocenters. The van der Waals surface area contributed by atoms with Gasteiger partial charge in [0.15, 0.2) is 11.5 Å². The van der Waals surface area contributed by atoms with Crippen molar-refractivity contribution in [2.75, 3.05) is 44.2 Å². The van der Waals surface area contributed by atoms with E-state index in [0.717, 1.165) is 12.1 Å². The Morgan fingerprint density at radius 3 is 2.35 bits per heavy atom. The number of aliphatic hydroxyl groups is 1. The molecule has 2 aliphatic rings. The van der Waals surface area contributed by atoms with E-state index in [1.165, 1.54) is 12.1 Å². The topological polar surface area (TPSA) is 113 Å². The molecule has 0 saturated carbocycles. The number of carbonyl (C=O) groups excluding carboxylic acids is 2. The summed E-state index contributed by atoms with van der Waals surface area (Å²) >= 11 is 0. The molecular formula is C33H37F3N4O6.